The fraction of sp³-hybridized carbons (Fsp3) is 0.250. The summed E-state index contributed by atoms with van der Waals surface area (Å²) in [6.07, 6.45) is 5.17. The molecule has 1 aromatic carbocycles. The molecule has 0 fully saturated rings. The highest BCUT2D eigenvalue weighted by Crippen LogP contribution is 2.18. The van der Waals surface area contributed by atoms with E-state index in [0.717, 1.165) is 31.5 Å². The first kappa shape index (κ1) is 19.1. The van der Waals surface area contributed by atoms with Crippen molar-refractivity contribution < 1.29 is 9.59 Å². The number of halogens is 1. The summed E-state index contributed by atoms with van der Waals surface area (Å²) in [5.41, 5.74) is 0.795. The van der Waals surface area contributed by atoms with E-state index < -0.39 is 11.8 Å². The predicted octanol–water partition coefficient (Wildman–Crippen LogP) is 2.75. The first-order valence-corrected chi connectivity index (χ1v) is 9.66. The number of hydrogen-bond acceptors (Lipinski definition) is 5. The Morgan fingerprint density at radius 1 is 1.03 bits per heavy atom. The van der Waals surface area contributed by atoms with Crippen molar-refractivity contribution in [3.05, 3.63) is 57.7 Å². The van der Waals surface area contributed by atoms with Crippen molar-refractivity contribution in [1.82, 2.24) is 14.5 Å². The number of pyridine rings is 1. The van der Waals surface area contributed by atoms with E-state index in [1.54, 1.807) is 28.8 Å². The average molecular weight is 412 g/mol. The van der Waals surface area contributed by atoms with Gasteiger partial charge in [0.05, 0.1) is 15.9 Å². The molecule has 0 saturated heterocycles. The molecule has 8 nitrogen and oxygen atoms in total. The number of aryl methyl sites for hydroxylation is 1. The highest BCUT2D eigenvalue weighted by atomic mass is 35.5. The Morgan fingerprint density at radius 3 is 2.66 bits per heavy atom. The molecular formula is C20H18ClN5O3. The largest absolute Gasteiger partial charge is 0.318 e. The lowest BCUT2D eigenvalue weighted by Gasteiger charge is -2.11. The third kappa shape index (κ3) is 4.12. The normalized spacial score (nSPS) is 13.4. The molecule has 0 saturated carbocycles. The number of carbonyl (C=O) groups excluding carboxylic acids is 2. The summed E-state index contributed by atoms with van der Waals surface area (Å²) in [5.74, 6) is -0.745. The van der Waals surface area contributed by atoms with Gasteiger partial charge in [0.1, 0.15) is 11.6 Å². The lowest BCUT2D eigenvalue weighted by molar-refractivity contribution is -0.133. The Kier molecular flexibility index (Phi) is 5.26. The molecule has 0 bridgehead atoms. The van der Waals surface area contributed by atoms with Crippen LogP contribution in [0.5, 0.6) is 0 Å². The summed E-state index contributed by atoms with van der Waals surface area (Å²) in [6, 6.07) is 7.89. The van der Waals surface area contributed by atoms with E-state index in [2.05, 4.69) is 20.6 Å². The molecular weight excluding hydrogens is 394 g/mol. The Bertz CT molecular complexity index is 1160. The molecule has 9 heteroatoms. The van der Waals surface area contributed by atoms with Crippen LogP contribution >= 0.6 is 11.6 Å². The molecule has 2 amide bonds. The minimum atomic E-state index is -0.878. The molecule has 148 valence electrons. The average Bonchev–Trinajstić information content (AvgIpc) is 2.96. The van der Waals surface area contributed by atoms with Gasteiger partial charge in [-0.25, -0.2) is 9.97 Å². The van der Waals surface area contributed by atoms with Gasteiger partial charge in [0.25, 0.3) is 5.56 Å². The zero-order valence-electron chi connectivity index (χ0n) is 15.4. The highest BCUT2D eigenvalue weighted by molar-refractivity contribution is 6.43. The molecule has 0 atom stereocenters. The van der Waals surface area contributed by atoms with Crippen LogP contribution in [-0.2, 0) is 22.6 Å². The number of carbonyl (C=O) groups is 2. The molecule has 4 rings (SSSR count). The second-order valence-corrected chi connectivity index (χ2v) is 7.23. The SMILES string of the molecule is O=C(Nc1ccc2nc3n(c(=O)c2c1)CCCCC3)C(=O)Nc1ccc(Cl)cn1. The van der Waals surface area contributed by atoms with Gasteiger partial charge >= 0.3 is 11.8 Å². The number of nitrogens with zero attached hydrogens (tertiary/aromatic N) is 3. The summed E-state index contributed by atoms with van der Waals surface area (Å²) in [6.45, 7) is 0.643. The van der Waals surface area contributed by atoms with Crippen LogP contribution in [0.1, 0.15) is 25.1 Å². The lowest BCUT2D eigenvalue weighted by Crippen LogP contribution is -2.29. The first-order chi connectivity index (χ1) is 14.0. The lowest BCUT2D eigenvalue weighted by atomic mass is 10.2. The number of fused-ring (bicyclic) bond motifs is 2. The van der Waals surface area contributed by atoms with Crippen LogP contribution < -0.4 is 16.2 Å². The van der Waals surface area contributed by atoms with E-state index in [4.69, 9.17) is 11.6 Å². The molecule has 2 aromatic heterocycles. The van der Waals surface area contributed by atoms with Crippen LogP contribution in [0, 0.1) is 0 Å². The van der Waals surface area contributed by atoms with Gasteiger partial charge in [0.2, 0.25) is 0 Å². The number of aromatic nitrogens is 3. The summed E-state index contributed by atoms with van der Waals surface area (Å²) in [5, 5.41) is 5.72. The van der Waals surface area contributed by atoms with Crippen molar-refractivity contribution >= 4 is 45.8 Å². The smallest absolute Gasteiger partial charge is 0.315 e. The molecule has 1 aliphatic rings. The summed E-state index contributed by atoms with van der Waals surface area (Å²) in [4.78, 5) is 45.7. The third-order valence-electron chi connectivity index (χ3n) is 4.75. The molecule has 0 spiro atoms. The highest BCUT2D eigenvalue weighted by Gasteiger charge is 2.17. The second kappa shape index (κ2) is 8.00. The second-order valence-electron chi connectivity index (χ2n) is 6.80. The summed E-state index contributed by atoms with van der Waals surface area (Å²) < 4.78 is 1.71. The van der Waals surface area contributed by atoms with E-state index >= 15 is 0 Å². The Hall–Kier alpha value is -3.26. The number of amides is 2. The van der Waals surface area contributed by atoms with Gasteiger partial charge in [-0.2, -0.15) is 0 Å². The van der Waals surface area contributed by atoms with Gasteiger partial charge < -0.3 is 10.6 Å². The maximum atomic E-state index is 12.9. The number of anilines is 2. The molecule has 3 heterocycles. The topological polar surface area (TPSA) is 106 Å². The van der Waals surface area contributed by atoms with Gasteiger partial charge in [-0.3, -0.25) is 19.0 Å². The van der Waals surface area contributed by atoms with Crippen molar-refractivity contribution in [2.24, 2.45) is 0 Å². The molecule has 3 aromatic rings. The van der Waals surface area contributed by atoms with E-state index in [1.165, 1.54) is 12.3 Å². The monoisotopic (exact) mass is 411 g/mol. The number of benzene rings is 1. The number of hydrogen-bond donors (Lipinski definition) is 2. The van der Waals surface area contributed by atoms with Gasteiger partial charge in [-0.05, 0) is 43.2 Å². The van der Waals surface area contributed by atoms with Crippen LogP contribution in [-0.4, -0.2) is 26.3 Å². The quantitative estimate of drug-likeness (QED) is 0.631. The van der Waals surface area contributed by atoms with Gasteiger partial charge in [-0.1, -0.05) is 18.0 Å². The van der Waals surface area contributed by atoms with Crippen molar-refractivity contribution in [2.75, 3.05) is 10.6 Å². The van der Waals surface area contributed by atoms with Crippen molar-refractivity contribution in [1.29, 1.82) is 0 Å². The molecule has 2 N–H and O–H groups in total. The van der Waals surface area contributed by atoms with Crippen molar-refractivity contribution in [3.8, 4) is 0 Å². The Labute approximate surface area is 170 Å². The Morgan fingerprint density at radius 2 is 1.86 bits per heavy atom. The van der Waals surface area contributed by atoms with Crippen LogP contribution in [0.4, 0.5) is 11.5 Å². The molecule has 1 aliphatic heterocycles. The summed E-state index contributed by atoms with van der Waals surface area (Å²) >= 11 is 5.74. The van der Waals surface area contributed by atoms with E-state index in [1.807, 2.05) is 0 Å². The number of rotatable bonds is 2. The van der Waals surface area contributed by atoms with Crippen LogP contribution in [0.3, 0.4) is 0 Å². The minimum absolute atomic E-state index is 0.127. The van der Waals surface area contributed by atoms with E-state index in [0.29, 0.717) is 28.2 Å². The number of nitrogens with one attached hydrogen (secondary N) is 2. The fourth-order valence-electron chi connectivity index (χ4n) is 3.31. The molecule has 0 unspecified atom stereocenters. The first-order valence-electron chi connectivity index (χ1n) is 9.28. The van der Waals surface area contributed by atoms with Crippen molar-refractivity contribution in [3.63, 3.8) is 0 Å². The van der Waals surface area contributed by atoms with Crippen molar-refractivity contribution in [2.45, 2.75) is 32.2 Å². The van der Waals surface area contributed by atoms with Crippen LogP contribution in [0.15, 0.2) is 41.3 Å². The van der Waals surface area contributed by atoms with E-state index in [9.17, 15) is 14.4 Å². The van der Waals surface area contributed by atoms with E-state index in [-0.39, 0.29) is 11.4 Å². The zero-order valence-corrected chi connectivity index (χ0v) is 16.2. The fourth-order valence-corrected chi connectivity index (χ4v) is 3.42. The van der Waals surface area contributed by atoms with Gasteiger partial charge in [0, 0.05) is 24.8 Å². The zero-order chi connectivity index (χ0) is 20.4. The standard InChI is InChI=1S/C20H18ClN5O3/c21-12-5-8-16(22-11-12)25-19(28)18(27)23-13-6-7-15-14(10-13)20(29)26-9-3-1-2-4-17(26)24-15/h5-8,10-11H,1-4,9H2,(H,23,27)(H,22,25,28). The third-order valence-corrected chi connectivity index (χ3v) is 4.97. The van der Waals surface area contributed by atoms with Crippen LogP contribution in [0.2, 0.25) is 5.02 Å². The van der Waals surface area contributed by atoms with Crippen LogP contribution in [0.25, 0.3) is 10.9 Å². The molecule has 0 radical (unpaired) electrons. The summed E-state index contributed by atoms with van der Waals surface area (Å²) in [7, 11) is 0. The van der Waals surface area contributed by atoms with Gasteiger partial charge in [-0.15, -0.1) is 0 Å². The Balaban J connectivity index is 1.55. The predicted molar refractivity (Wildman–Crippen MR) is 110 cm³/mol. The van der Waals surface area contributed by atoms with Gasteiger partial charge in [0.15, 0.2) is 0 Å². The maximum Gasteiger partial charge on any atom is 0.315 e. The molecule has 29 heavy (non-hydrogen) atoms. The molecule has 0 aliphatic carbocycles. The minimum Gasteiger partial charge on any atom is -0.318 e. The maximum absolute atomic E-state index is 12.9.